The maximum Gasteiger partial charge on any atom is 0.215 e. The number of alkyl halides is 1. The van der Waals surface area contributed by atoms with Crippen LogP contribution in [0.2, 0.25) is 0 Å². The first-order valence-corrected chi connectivity index (χ1v) is 8.02. The quantitative estimate of drug-likeness (QED) is 0.926. The summed E-state index contributed by atoms with van der Waals surface area (Å²) in [5, 5.41) is 9.52. The van der Waals surface area contributed by atoms with Crippen molar-refractivity contribution < 1.29 is 12.8 Å². The summed E-state index contributed by atoms with van der Waals surface area (Å²) in [7, 11) is -4.07. The summed E-state index contributed by atoms with van der Waals surface area (Å²) < 4.78 is 39.9. The lowest BCUT2D eigenvalue weighted by molar-refractivity contribution is 0.159. The number of piperidine rings is 1. The van der Waals surface area contributed by atoms with E-state index in [-0.39, 0.29) is 4.90 Å². The molecule has 1 unspecified atom stereocenters. The van der Waals surface area contributed by atoms with Crippen LogP contribution in [0.4, 0.5) is 4.39 Å². The molecule has 1 heterocycles. The summed E-state index contributed by atoms with van der Waals surface area (Å²) in [6.45, 7) is 2.41. The highest BCUT2D eigenvalue weighted by Crippen LogP contribution is 2.38. The molecule has 0 aliphatic carbocycles. The molecule has 0 bridgehead atoms. The molecule has 0 saturated carbocycles. The summed E-state index contributed by atoms with van der Waals surface area (Å²) in [5.41, 5.74) is 0.353. The van der Waals surface area contributed by atoms with Crippen LogP contribution in [0.25, 0.3) is 0 Å². The van der Waals surface area contributed by atoms with E-state index in [0.29, 0.717) is 31.5 Å². The second kappa shape index (κ2) is 5.51. The number of rotatable bonds is 3. The van der Waals surface area contributed by atoms with Crippen LogP contribution in [-0.4, -0.2) is 26.5 Å². The predicted octanol–water partition coefficient (Wildman–Crippen LogP) is 2.02. The van der Waals surface area contributed by atoms with Crippen LogP contribution < -0.4 is 5.32 Å². The van der Waals surface area contributed by atoms with Gasteiger partial charge in [0.05, 0.1) is 16.5 Å². The van der Waals surface area contributed by atoms with E-state index < -0.39 is 20.8 Å². The molecule has 108 valence electrons. The first-order valence-electron chi connectivity index (χ1n) is 6.54. The Morgan fingerprint density at radius 3 is 2.35 bits per heavy atom. The van der Waals surface area contributed by atoms with E-state index in [4.69, 9.17) is 5.26 Å². The molecular weight excluding hydrogens is 279 g/mol. The van der Waals surface area contributed by atoms with E-state index in [9.17, 15) is 12.8 Å². The van der Waals surface area contributed by atoms with Crippen molar-refractivity contribution in [3.8, 4) is 6.07 Å². The number of sulfone groups is 1. The maximum absolute atomic E-state index is 14.9. The Morgan fingerprint density at radius 2 is 1.85 bits per heavy atom. The van der Waals surface area contributed by atoms with Crippen molar-refractivity contribution in [3.05, 3.63) is 29.8 Å². The minimum absolute atomic E-state index is 0.0694. The summed E-state index contributed by atoms with van der Waals surface area (Å²) in [4.78, 5) is -0.0694. The smallest absolute Gasteiger partial charge is 0.215 e. The van der Waals surface area contributed by atoms with Gasteiger partial charge in [0.15, 0.2) is 0 Å². The molecule has 1 aliphatic heterocycles. The zero-order valence-corrected chi connectivity index (χ0v) is 12.1. The van der Waals surface area contributed by atoms with Gasteiger partial charge in [0.25, 0.3) is 0 Å². The maximum atomic E-state index is 14.9. The first-order chi connectivity index (χ1) is 9.39. The van der Waals surface area contributed by atoms with Gasteiger partial charge < -0.3 is 5.32 Å². The third kappa shape index (κ3) is 2.56. The molecule has 20 heavy (non-hydrogen) atoms. The molecule has 0 amide bonds. The largest absolute Gasteiger partial charge is 0.317 e. The van der Waals surface area contributed by atoms with E-state index in [0.717, 1.165) is 6.92 Å². The molecule has 1 atom stereocenters. The van der Waals surface area contributed by atoms with Gasteiger partial charge >= 0.3 is 0 Å². The Kier molecular flexibility index (Phi) is 4.11. The van der Waals surface area contributed by atoms with Crippen LogP contribution in [0.15, 0.2) is 29.2 Å². The fourth-order valence-electron chi connectivity index (χ4n) is 2.50. The van der Waals surface area contributed by atoms with E-state index in [1.165, 1.54) is 24.3 Å². The van der Waals surface area contributed by atoms with E-state index in [2.05, 4.69) is 5.32 Å². The highest BCUT2D eigenvalue weighted by Gasteiger charge is 2.47. The summed E-state index contributed by atoms with van der Waals surface area (Å²) >= 11 is 0. The van der Waals surface area contributed by atoms with Gasteiger partial charge in [0.1, 0.15) is 0 Å². The molecule has 1 saturated heterocycles. The van der Waals surface area contributed by atoms with Crippen molar-refractivity contribution in [1.82, 2.24) is 5.32 Å². The van der Waals surface area contributed by atoms with Crippen LogP contribution in [0.5, 0.6) is 0 Å². The van der Waals surface area contributed by atoms with Crippen molar-refractivity contribution >= 4 is 9.84 Å². The Morgan fingerprint density at radius 1 is 1.30 bits per heavy atom. The van der Waals surface area contributed by atoms with Crippen LogP contribution in [0.3, 0.4) is 0 Å². The predicted molar refractivity (Wildman–Crippen MR) is 73.4 cm³/mol. The van der Waals surface area contributed by atoms with Crippen LogP contribution >= 0.6 is 0 Å². The number of nitriles is 1. The third-order valence-electron chi connectivity index (χ3n) is 3.89. The van der Waals surface area contributed by atoms with Gasteiger partial charge in [-0.1, -0.05) is 0 Å². The van der Waals surface area contributed by atoms with Crippen molar-refractivity contribution in [2.45, 2.75) is 29.7 Å². The van der Waals surface area contributed by atoms with Gasteiger partial charge in [-0.25, -0.2) is 12.8 Å². The summed E-state index contributed by atoms with van der Waals surface area (Å²) in [6, 6.07) is 7.30. The Hall–Kier alpha value is -1.45. The zero-order chi connectivity index (χ0) is 14.8. The monoisotopic (exact) mass is 296 g/mol. The number of nitrogens with zero attached hydrogens (tertiary/aromatic N) is 1. The van der Waals surface area contributed by atoms with Gasteiger partial charge in [0.2, 0.25) is 14.8 Å². The fourth-order valence-corrected chi connectivity index (χ4v) is 4.13. The van der Waals surface area contributed by atoms with Gasteiger partial charge in [-0.05, 0) is 57.1 Å². The first kappa shape index (κ1) is 14.9. The third-order valence-corrected chi connectivity index (χ3v) is 6.16. The lowest BCUT2D eigenvalue weighted by atomic mass is 9.93. The average Bonchev–Trinajstić information content (AvgIpc) is 2.48. The molecule has 1 aromatic carbocycles. The standard InChI is InChI=1S/C14H17FN2O2S/c1-14(15,12-6-8-17-9-7-12)20(18,19)13-4-2-11(10-16)3-5-13/h2-5,12,17H,6-9H2,1H3. The normalized spacial score (nSPS) is 20.1. The van der Waals surface area contributed by atoms with Crippen molar-refractivity contribution in [3.63, 3.8) is 0 Å². The number of nitrogens with one attached hydrogen (secondary N) is 1. The molecule has 0 aromatic heterocycles. The number of benzene rings is 1. The van der Waals surface area contributed by atoms with Crippen LogP contribution in [0.1, 0.15) is 25.3 Å². The molecule has 1 fully saturated rings. The molecule has 1 aromatic rings. The molecule has 4 nitrogen and oxygen atoms in total. The topological polar surface area (TPSA) is 70.0 Å². The molecule has 1 N–H and O–H groups in total. The van der Waals surface area contributed by atoms with Gasteiger partial charge in [-0.2, -0.15) is 5.26 Å². The van der Waals surface area contributed by atoms with E-state index in [1.54, 1.807) is 0 Å². The van der Waals surface area contributed by atoms with Crippen molar-refractivity contribution in [2.24, 2.45) is 5.92 Å². The molecular formula is C14H17FN2O2S. The zero-order valence-electron chi connectivity index (χ0n) is 11.3. The second-order valence-corrected chi connectivity index (χ2v) is 7.43. The molecule has 0 radical (unpaired) electrons. The Labute approximate surface area is 118 Å². The Balaban J connectivity index is 2.34. The van der Waals surface area contributed by atoms with Crippen molar-refractivity contribution in [1.29, 1.82) is 5.26 Å². The SMILES string of the molecule is CC(F)(C1CCNCC1)S(=O)(=O)c1ccc(C#N)cc1. The van der Waals surface area contributed by atoms with E-state index >= 15 is 0 Å². The van der Waals surface area contributed by atoms with Gasteiger partial charge in [-0.15, -0.1) is 0 Å². The van der Waals surface area contributed by atoms with Crippen molar-refractivity contribution in [2.75, 3.05) is 13.1 Å². The molecule has 6 heteroatoms. The minimum Gasteiger partial charge on any atom is -0.317 e. The van der Waals surface area contributed by atoms with Gasteiger partial charge in [-0.3, -0.25) is 0 Å². The summed E-state index contributed by atoms with van der Waals surface area (Å²) in [6.07, 6.45) is 1.00. The highest BCUT2D eigenvalue weighted by molar-refractivity contribution is 7.92. The van der Waals surface area contributed by atoms with Gasteiger partial charge in [0, 0.05) is 5.92 Å². The highest BCUT2D eigenvalue weighted by atomic mass is 32.2. The lowest BCUT2D eigenvalue weighted by Gasteiger charge is -2.33. The average molecular weight is 296 g/mol. The number of hydrogen-bond acceptors (Lipinski definition) is 4. The van der Waals surface area contributed by atoms with Crippen LogP contribution in [-0.2, 0) is 9.84 Å². The molecule has 1 aliphatic rings. The lowest BCUT2D eigenvalue weighted by Crippen LogP contribution is -2.44. The molecule has 2 rings (SSSR count). The second-order valence-electron chi connectivity index (χ2n) is 5.15. The number of hydrogen-bond donors (Lipinski definition) is 1. The van der Waals surface area contributed by atoms with E-state index in [1.807, 2.05) is 6.07 Å². The molecule has 0 spiro atoms. The van der Waals surface area contributed by atoms with Crippen LogP contribution in [0, 0.1) is 17.2 Å². The fraction of sp³-hybridized carbons (Fsp3) is 0.500. The minimum atomic E-state index is -4.07. The number of halogens is 1. The summed E-state index contributed by atoms with van der Waals surface area (Å²) in [5.74, 6) is -0.510. The Bertz CT molecular complexity index is 612.